The molecule has 5 unspecified atom stereocenters. The highest BCUT2D eigenvalue weighted by Crippen LogP contribution is 2.38. The number of piperidine rings is 5. The number of H-pyrrole nitrogens is 1. The number of phenols is 3. The third-order valence-corrected chi connectivity index (χ3v) is 25.2. The maximum atomic E-state index is 11.9. The Bertz CT molecular complexity index is 5930. The van der Waals surface area contributed by atoms with Gasteiger partial charge in [0.05, 0.1) is 58.6 Å². The minimum atomic E-state index is -3.19. The molecule has 0 saturated carbocycles. The van der Waals surface area contributed by atoms with E-state index in [1.54, 1.807) is 12.1 Å². The minimum absolute atomic E-state index is 0. The zero-order chi connectivity index (χ0) is 86.6. The van der Waals surface area contributed by atoms with E-state index in [0.29, 0.717) is 84.9 Å². The molecule has 15 rings (SSSR count). The summed E-state index contributed by atoms with van der Waals surface area (Å²) in [5.74, 6) is 5.59. The van der Waals surface area contributed by atoms with Crippen LogP contribution in [0.25, 0.3) is 54.5 Å². The molecular weight excluding hydrogens is 1650 g/mol. The summed E-state index contributed by atoms with van der Waals surface area (Å²) in [7, 11) is -15.9. The van der Waals surface area contributed by atoms with Crippen molar-refractivity contribution in [3.05, 3.63) is 136 Å². The van der Waals surface area contributed by atoms with Crippen LogP contribution in [0.3, 0.4) is 0 Å². The number of aromatic nitrogens is 10. The Morgan fingerprint density at radius 3 is 1.28 bits per heavy atom. The Morgan fingerprint density at radius 2 is 0.810 bits per heavy atom. The molecule has 0 radical (unpaired) electrons. The first-order valence-electron chi connectivity index (χ1n) is 40.0. The van der Waals surface area contributed by atoms with Crippen LogP contribution in [0.5, 0.6) is 17.2 Å². The van der Waals surface area contributed by atoms with Crippen LogP contribution in [0.2, 0.25) is 0 Å². The largest absolute Gasteiger partial charge is 0.508 e. The average molecular weight is 1770 g/mol. The number of aromatic amines is 1. The molecule has 35 nitrogen and oxygen atoms in total. The number of rotatable bonds is 20. The molecule has 10 heterocycles. The molecule has 0 bridgehead atoms. The molecule has 40 heteroatoms. The minimum Gasteiger partial charge on any atom is -0.508 e. The van der Waals surface area contributed by atoms with Gasteiger partial charge >= 0.3 is 12.0 Å². The first-order valence-corrected chi connectivity index (χ1v) is 49.4. The zero-order valence-electron chi connectivity index (χ0n) is 69.4. The molecule has 5 aromatic carbocycles. The van der Waals surface area contributed by atoms with Crippen LogP contribution < -0.4 is 58.5 Å². The molecule has 121 heavy (non-hydrogen) atoms. The number of aryl methyl sites for hydroxylation is 5. The van der Waals surface area contributed by atoms with Crippen LogP contribution in [-0.4, -0.2) is 237 Å². The lowest BCUT2D eigenvalue weighted by atomic mass is 9.98. The van der Waals surface area contributed by atoms with Crippen LogP contribution in [0, 0.1) is 64.2 Å². The maximum absolute atomic E-state index is 11.9. The number of sulfonamides is 5. The Balaban J connectivity index is 0.000000158. The molecule has 5 atom stereocenters. The first kappa shape index (κ1) is 93.6. The number of anilines is 5. The number of nitrogens with zero attached hydrogens (tertiary/aromatic N) is 14. The van der Waals surface area contributed by atoms with E-state index in [-0.39, 0.29) is 60.0 Å². The second-order valence-electron chi connectivity index (χ2n) is 32.3. The predicted molar refractivity (Wildman–Crippen MR) is 474 cm³/mol. The monoisotopic (exact) mass is 1770 g/mol. The Morgan fingerprint density at radius 1 is 0.413 bits per heavy atom. The fraction of sp³-hybridized carbons (Fsp3) is 0.506. The summed E-state index contributed by atoms with van der Waals surface area (Å²) in [6.45, 7) is 19.6. The molecule has 5 aromatic heterocycles. The Hall–Kier alpha value is -9.65. The molecule has 5 aliphatic heterocycles. The van der Waals surface area contributed by atoms with Gasteiger partial charge in [-0.25, -0.2) is 100 Å². The van der Waals surface area contributed by atoms with Gasteiger partial charge in [-0.05, 0) is 209 Å². The van der Waals surface area contributed by atoms with Gasteiger partial charge < -0.3 is 50.0 Å². The lowest BCUT2D eigenvalue weighted by molar-refractivity contribution is -0.886. The van der Waals surface area contributed by atoms with Gasteiger partial charge in [-0.1, -0.05) is 31.2 Å². The van der Waals surface area contributed by atoms with Gasteiger partial charge in [0.25, 0.3) is 5.82 Å². The quantitative estimate of drug-likeness (QED) is 0.0280. The van der Waals surface area contributed by atoms with Crippen molar-refractivity contribution in [2.45, 2.75) is 106 Å². The molecule has 0 aliphatic carbocycles. The first-order chi connectivity index (χ1) is 56.7. The molecule has 10 aromatic rings. The standard InChI is InChI=1S/C16H23N4O3S.4C16H22N4O3S.CH4/c1-12-5-6-15-14(8-12)16(17-11-20(15)21)19-7-3-4-13(10-19)9-18-24(2,22)23;1-11-5-6-13-14(15(11)21)16(18-10-17-13)20-7-3-4-12(9-20)8-19-24(2,22)23;1-11-5-6-14-13(8-11)15(19-16(21)18-14)20-7-3-4-12(10-20)9-17-24(2,22)23;1-11-6-13-14(7-15(11)21)17-10-18-16(13)20-5-3-4-12(9-20)8-19-24(2,22)23;1-11-6-13-15(14(21)7-11)17-10-18-16(13)20-5-3-4-12(9-20)8-19-24(2,22)23;/h5-6,8,11,13,18,21H,3-4,7,9-10H2,1-2H3;5-6,10,12,19,21H,3-4,7-9H2,1-2H3;5-6,8,12,17H,3-4,7,9-10H2,1-2H3,(H,18,19,21);2*6-7,10,12,19,21H,3-5,8-9H2,1-2H3;1H4/q+1;;;;;. The number of aromatic hydroxyl groups is 3. The van der Waals surface area contributed by atoms with Gasteiger partial charge in [-0.3, -0.25) is 0 Å². The van der Waals surface area contributed by atoms with Gasteiger partial charge in [0.15, 0.2) is 5.52 Å². The third kappa shape index (κ3) is 26.7. The lowest BCUT2D eigenvalue weighted by Crippen LogP contribution is -2.42. The lowest BCUT2D eigenvalue weighted by Gasteiger charge is -2.34. The van der Waals surface area contributed by atoms with Crippen molar-refractivity contribution >= 4 is 134 Å². The fourth-order valence-electron chi connectivity index (χ4n) is 15.9. The van der Waals surface area contributed by atoms with Crippen LogP contribution >= 0.6 is 0 Å². The highest BCUT2D eigenvalue weighted by atomic mass is 32.2. The van der Waals surface area contributed by atoms with Crippen molar-refractivity contribution in [2.75, 3.05) is 154 Å². The molecule has 5 aliphatic rings. The Kier molecular flexibility index (Phi) is 31.4. The molecule has 658 valence electrons. The summed E-state index contributed by atoms with van der Waals surface area (Å²) in [4.78, 5) is 59.9. The van der Waals surface area contributed by atoms with Crippen LogP contribution in [-0.2, 0) is 50.1 Å². The normalized spacial score (nSPS) is 18.8. The summed E-state index contributed by atoms with van der Waals surface area (Å²) in [6, 6.07) is 22.6. The number of phenolic OH excluding ortho intramolecular Hbond substituents is 3. The zero-order valence-corrected chi connectivity index (χ0v) is 73.5. The Labute approximate surface area is 708 Å². The van der Waals surface area contributed by atoms with Gasteiger partial charge in [0, 0.05) is 120 Å². The summed E-state index contributed by atoms with van der Waals surface area (Å²) in [6.07, 6.45) is 21.5. The summed E-state index contributed by atoms with van der Waals surface area (Å²) in [5, 5.41) is 44.6. The SMILES string of the molecule is C.Cc1cc(O)c2ncnc(N3CCCC(CNS(C)(=O)=O)C3)c2c1.Cc1cc2c(N3CCCC(CNS(C)(=O)=O)C3)ncnc2cc1O.Cc1ccc2[nH]c(=O)nc(N3CCCC(CNS(C)(=O)=O)C3)c2c1.Cc1ccc2c(c1)c(N1CCCC(CNS(C)(=O)=O)C1)nc[n+]2O.Cc1ccc2ncnc(N3CCCC(CNS(C)(=O)=O)C3)c2c1O. The molecular formula is C81H115N20O15S5+. The van der Waals surface area contributed by atoms with Gasteiger partial charge in [-0.15, -0.1) is 0 Å². The summed E-state index contributed by atoms with van der Waals surface area (Å²) < 4.78 is 127. The van der Waals surface area contributed by atoms with E-state index in [9.17, 15) is 67.4 Å². The average Bonchev–Trinajstić information content (AvgIpc) is 0.436. The smallest absolute Gasteiger partial charge is 0.347 e. The topological polar surface area (TPSA) is 468 Å². The van der Waals surface area contributed by atoms with E-state index in [2.05, 4.69) is 93.0 Å². The van der Waals surface area contributed by atoms with Crippen molar-refractivity contribution in [3.8, 4) is 17.2 Å². The number of hydrogen-bond acceptors (Lipinski definition) is 28. The van der Waals surface area contributed by atoms with Crippen molar-refractivity contribution in [1.82, 2.24) is 68.5 Å². The van der Waals surface area contributed by atoms with Crippen LogP contribution in [0.15, 0.2) is 103 Å². The highest BCUT2D eigenvalue weighted by molar-refractivity contribution is 7.89. The molecule has 5 saturated heterocycles. The summed E-state index contributed by atoms with van der Waals surface area (Å²) in [5.41, 5.74) is 7.79. The van der Waals surface area contributed by atoms with E-state index in [1.807, 2.05) is 95.3 Å². The predicted octanol–water partition coefficient (Wildman–Crippen LogP) is 6.70. The van der Waals surface area contributed by atoms with Crippen molar-refractivity contribution < 1.29 is 67.3 Å². The molecule has 5 fully saturated rings. The molecule has 10 N–H and O–H groups in total. The van der Waals surface area contributed by atoms with Gasteiger partial charge in [0.2, 0.25) is 50.1 Å². The van der Waals surface area contributed by atoms with Crippen molar-refractivity contribution in [1.29, 1.82) is 0 Å². The number of benzene rings is 5. The van der Waals surface area contributed by atoms with E-state index < -0.39 is 50.1 Å². The van der Waals surface area contributed by atoms with E-state index in [0.717, 1.165) is 194 Å². The molecule has 0 spiro atoms. The number of fused-ring (bicyclic) bond motifs is 5. The van der Waals surface area contributed by atoms with E-state index >= 15 is 0 Å². The van der Waals surface area contributed by atoms with Crippen LogP contribution in [0.4, 0.5) is 29.1 Å². The van der Waals surface area contributed by atoms with Gasteiger partial charge in [0.1, 0.15) is 65.0 Å². The maximum Gasteiger partial charge on any atom is 0.347 e. The number of nitrogens with one attached hydrogen (secondary N) is 6. The summed E-state index contributed by atoms with van der Waals surface area (Å²) >= 11 is 0. The van der Waals surface area contributed by atoms with Gasteiger partial charge in [-0.2, -0.15) is 4.98 Å². The molecule has 0 amide bonds. The second kappa shape index (κ2) is 40.6. The van der Waals surface area contributed by atoms with E-state index in [1.165, 1.54) is 56.6 Å². The second-order valence-corrected chi connectivity index (χ2v) is 41.4. The van der Waals surface area contributed by atoms with Crippen LogP contribution in [0.1, 0.15) is 99.5 Å². The third-order valence-electron chi connectivity index (χ3n) is 21.8. The fourth-order valence-corrected chi connectivity index (χ4v) is 18.6. The van der Waals surface area contributed by atoms with Crippen molar-refractivity contribution in [3.63, 3.8) is 0 Å². The highest BCUT2D eigenvalue weighted by Gasteiger charge is 2.31. The van der Waals surface area contributed by atoms with E-state index in [4.69, 9.17) is 0 Å². The number of hydrogen-bond donors (Lipinski definition) is 10. The van der Waals surface area contributed by atoms with Crippen molar-refractivity contribution in [2.24, 2.45) is 29.6 Å².